The molecular formula is C35H35Cl2N3O4. The van der Waals surface area contributed by atoms with E-state index in [1.54, 1.807) is 48.8 Å². The van der Waals surface area contributed by atoms with Crippen molar-refractivity contribution in [2.45, 2.75) is 68.6 Å². The molecule has 0 saturated heterocycles. The lowest BCUT2D eigenvalue weighted by Crippen LogP contribution is -2.45. The van der Waals surface area contributed by atoms with Gasteiger partial charge in [0.05, 0.1) is 0 Å². The zero-order valence-corrected chi connectivity index (χ0v) is 25.7. The number of rotatable bonds is 3. The molecule has 0 spiro atoms. The molecule has 2 aliphatic carbocycles. The SMILES string of the molecule is NC(=O)[C@H]1CCC[C@@](O)(C#Cc2cccc(Cl)c2)C1.O=C(N[C@H]1CCC[C@@](O)(C#Cc2cccc(Cl)c2)C1)c1ccncc1. The van der Waals surface area contributed by atoms with Gasteiger partial charge in [-0.3, -0.25) is 14.6 Å². The minimum Gasteiger partial charge on any atom is -0.378 e. The van der Waals surface area contributed by atoms with Gasteiger partial charge in [0, 0.05) is 57.5 Å². The number of hydrogen-bond acceptors (Lipinski definition) is 5. The standard InChI is InChI=1S/C20H19ClN2O2.C15H16ClNO2/c21-17-4-1-3-15(13-17)6-10-20(25)9-2-5-18(14-20)23-19(24)16-7-11-22-12-8-16;16-13-5-1-3-11(9-13)6-8-15(19)7-2-4-12(10-15)14(17)18/h1,3-4,7-8,11-13,18,25H,2,5,9,14H2,(H,23,24);1,3,5,9,12,19H,2,4,7,10H2,(H2,17,18)/t18-,20+;12-,15+/m00/s1. The molecular weight excluding hydrogens is 597 g/mol. The van der Waals surface area contributed by atoms with Crippen molar-refractivity contribution in [3.8, 4) is 23.7 Å². The first-order valence-corrected chi connectivity index (χ1v) is 15.3. The molecule has 9 heteroatoms. The molecule has 0 aliphatic heterocycles. The highest BCUT2D eigenvalue weighted by atomic mass is 35.5. The molecule has 228 valence electrons. The first-order valence-electron chi connectivity index (χ1n) is 14.5. The first kappa shape index (κ1) is 33.1. The Labute approximate surface area is 268 Å². The maximum absolute atomic E-state index is 12.3. The number of benzene rings is 2. The number of halogens is 2. The number of hydrogen-bond donors (Lipinski definition) is 4. The van der Waals surface area contributed by atoms with Crippen molar-refractivity contribution < 1.29 is 19.8 Å². The Kier molecular flexibility index (Phi) is 11.4. The maximum atomic E-state index is 12.3. The van der Waals surface area contributed by atoms with Gasteiger partial charge in [0.15, 0.2) is 0 Å². The Hall–Kier alpha value is -3.85. The summed E-state index contributed by atoms with van der Waals surface area (Å²) in [7, 11) is 0. The van der Waals surface area contributed by atoms with Gasteiger partial charge in [-0.1, -0.05) is 59.0 Å². The van der Waals surface area contributed by atoms with E-state index in [4.69, 9.17) is 28.9 Å². The number of pyridine rings is 1. The van der Waals surface area contributed by atoms with Crippen LogP contribution in [0.2, 0.25) is 10.0 Å². The molecule has 44 heavy (non-hydrogen) atoms. The maximum Gasteiger partial charge on any atom is 0.251 e. The van der Waals surface area contributed by atoms with Gasteiger partial charge in [-0.05, 0) is 93.5 Å². The molecule has 5 rings (SSSR count). The van der Waals surface area contributed by atoms with Crippen molar-refractivity contribution in [3.63, 3.8) is 0 Å². The van der Waals surface area contributed by atoms with Crippen LogP contribution < -0.4 is 11.1 Å². The van der Waals surface area contributed by atoms with Crippen molar-refractivity contribution in [2.24, 2.45) is 11.7 Å². The fourth-order valence-corrected chi connectivity index (χ4v) is 5.76. The van der Waals surface area contributed by atoms with Gasteiger partial charge >= 0.3 is 0 Å². The predicted octanol–water partition coefficient (Wildman–Crippen LogP) is 5.29. The lowest BCUT2D eigenvalue weighted by molar-refractivity contribution is -0.125. The van der Waals surface area contributed by atoms with Crippen LogP contribution in [0, 0.1) is 29.6 Å². The van der Waals surface area contributed by atoms with E-state index >= 15 is 0 Å². The predicted molar refractivity (Wildman–Crippen MR) is 172 cm³/mol. The molecule has 0 bridgehead atoms. The van der Waals surface area contributed by atoms with E-state index in [0.29, 0.717) is 41.3 Å². The van der Waals surface area contributed by atoms with E-state index in [-0.39, 0.29) is 23.8 Å². The highest BCUT2D eigenvalue weighted by Crippen LogP contribution is 2.32. The normalized spacial score (nSPS) is 24.2. The number of carbonyl (C=O) groups is 2. The zero-order chi connectivity index (χ0) is 31.6. The van der Waals surface area contributed by atoms with Crippen molar-refractivity contribution >= 4 is 35.0 Å². The molecule has 0 unspecified atom stereocenters. The molecule has 4 atom stereocenters. The van der Waals surface area contributed by atoms with Crippen LogP contribution >= 0.6 is 23.2 Å². The average molecular weight is 633 g/mol. The Morgan fingerprint density at radius 3 is 1.93 bits per heavy atom. The Morgan fingerprint density at radius 1 is 0.841 bits per heavy atom. The quantitative estimate of drug-likeness (QED) is 0.292. The lowest BCUT2D eigenvalue weighted by Gasteiger charge is -2.33. The number of aliphatic hydroxyl groups is 2. The molecule has 2 aromatic carbocycles. The second kappa shape index (κ2) is 15.2. The third-order valence-electron chi connectivity index (χ3n) is 7.66. The van der Waals surface area contributed by atoms with Crippen molar-refractivity contribution in [1.29, 1.82) is 0 Å². The van der Waals surface area contributed by atoms with Gasteiger partial charge in [-0.2, -0.15) is 0 Å². The van der Waals surface area contributed by atoms with E-state index in [9.17, 15) is 19.8 Å². The minimum absolute atomic E-state index is 0.104. The second-order valence-electron chi connectivity index (χ2n) is 11.3. The number of nitrogens with one attached hydrogen (secondary N) is 1. The summed E-state index contributed by atoms with van der Waals surface area (Å²) in [6.07, 6.45) is 8.20. The fraction of sp³-hybridized carbons (Fsp3) is 0.343. The number of carbonyl (C=O) groups excluding carboxylic acids is 2. The van der Waals surface area contributed by atoms with E-state index in [1.807, 2.05) is 24.3 Å². The van der Waals surface area contributed by atoms with E-state index in [1.165, 1.54) is 0 Å². The Balaban J connectivity index is 0.000000209. The van der Waals surface area contributed by atoms with Gasteiger partial charge < -0.3 is 21.3 Å². The summed E-state index contributed by atoms with van der Waals surface area (Å²) in [6.45, 7) is 0. The largest absolute Gasteiger partial charge is 0.378 e. The summed E-state index contributed by atoms with van der Waals surface area (Å²) in [4.78, 5) is 27.4. The van der Waals surface area contributed by atoms with Crippen LogP contribution in [-0.2, 0) is 4.79 Å². The molecule has 1 aromatic heterocycles. The van der Waals surface area contributed by atoms with E-state index in [0.717, 1.165) is 36.8 Å². The molecule has 2 amide bonds. The highest BCUT2D eigenvalue weighted by Gasteiger charge is 2.35. The summed E-state index contributed by atoms with van der Waals surface area (Å²) in [5.41, 5.74) is 5.16. The Morgan fingerprint density at radius 2 is 1.39 bits per heavy atom. The number of nitrogens with zero attached hydrogens (tertiary/aromatic N) is 1. The number of aromatic nitrogens is 1. The van der Waals surface area contributed by atoms with Gasteiger partial charge in [0.2, 0.25) is 5.91 Å². The van der Waals surface area contributed by atoms with Crippen LogP contribution in [0.3, 0.4) is 0 Å². The summed E-state index contributed by atoms with van der Waals surface area (Å²) in [5, 5.41) is 25.4. The van der Waals surface area contributed by atoms with Crippen molar-refractivity contribution in [3.05, 3.63) is 99.8 Å². The monoisotopic (exact) mass is 631 g/mol. The zero-order valence-electron chi connectivity index (χ0n) is 24.2. The third-order valence-corrected chi connectivity index (χ3v) is 8.13. The summed E-state index contributed by atoms with van der Waals surface area (Å²) in [5.74, 6) is 11.0. The summed E-state index contributed by atoms with van der Waals surface area (Å²) >= 11 is 11.8. The molecule has 5 N–H and O–H groups in total. The first-order chi connectivity index (χ1) is 21.0. The third kappa shape index (κ3) is 10.1. The molecule has 2 saturated carbocycles. The molecule has 2 aliphatic rings. The Bertz CT molecular complexity index is 1590. The smallest absolute Gasteiger partial charge is 0.251 e. The summed E-state index contributed by atoms with van der Waals surface area (Å²) in [6, 6.07) is 17.6. The van der Waals surface area contributed by atoms with Crippen LogP contribution in [0.1, 0.15) is 72.9 Å². The number of amides is 2. The van der Waals surface area contributed by atoms with Crippen LogP contribution in [0.4, 0.5) is 0 Å². The topological polar surface area (TPSA) is 126 Å². The highest BCUT2D eigenvalue weighted by molar-refractivity contribution is 6.31. The van der Waals surface area contributed by atoms with Crippen LogP contribution in [0.5, 0.6) is 0 Å². The minimum atomic E-state index is -1.12. The van der Waals surface area contributed by atoms with E-state index in [2.05, 4.69) is 34.0 Å². The van der Waals surface area contributed by atoms with Crippen LogP contribution in [0.25, 0.3) is 0 Å². The molecule has 2 fully saturated rings. The fourth-order valence-electron chi connectivity index (χ4n) is 5.38. The second-order valence-corrected chi connectivity index (χ2v) is 12.2. The molecule has 0 radical (unpaired) electrons. The average Bonchev–Trinajstić information content (AvgIpc) is 3.00. The van der Waals surface area contributed by atoms with Crippen molar-refractivity contribution in [1.82, 2.24) is 10.3 Å². The van der Waals surface area contributed by atoms with Gasteiger partial charge in [0.1, 0.15) is 11.2 Å². The number of nitrogens with two attached hydrogens (primary N) is 1. The van der Waals surface area contributed by atoms with Gasteiger partial charge in [-0.15, -0.1) is 0 Å². The lowest BCUT2D eigenvalue weighted by atomic mass is 9.78. The van der Waals surface area contributed by atoms with Gasteiger partial charge in [-0.25, -0.2) is 0 Å². The summed E-state index contributed by atoms with van der Waals surface area (Å²) < 4.78 is 0. The van der Waals surface area contributed by atoms with Crippen LogP contribution in [0.15, 0.2) is 73.1 Å². The number of primary amides is 1. The molecule has 3 aromatic rings. The molecule has 7 nitrogen and oxygen atoms in total. The van der Waals surface area contributed by atoms with Crippen LogP contribution in [-0.4, -0.2) is 44.3 Å². The van der Waals surface area contributed by atoms with Gasteiger partial charge in [0.25, 0.3) is 5.91 Å². The van der Waals surface area contributed by atoms with E-state index < -0.39 is 11.2 Å². The van der Waals surface area contributed by atoms with Crippen molar-refractivity contribution in [2.75, 3.05) is 0 Å². The molecule has 1 heterocycles.